The van der Waals surface area contributed by atoms with Gasteiger partial charge in [-0.3, -0.25) is 9.79 Å². The molecule has 304 valence electrons. The molecule has 52 heavy (non-hydrogen) atoms. The van der Waals surface area contributed by atoms with Crippen LogP contribution in [0.2, 0.25) is 0 Å². The van der Waals surface area contributed by atoms with Crippen molar-refractivity contribution < 1.29 is 58.4 Å². The zero-order chi connectivity index (χ0) is 39.5. The van der Waals surface area contributed by atoms with Crippen LogP contribution in [0, 0.1) is 17.8 Å². The summed E-state index contributed by atoms with van der Waals surface area (Å²) in [7, 11) is 5.33. The van der Waals surface area contributed by atoms with Crippen LogP contribution < -0.4 is 0 Å². The summed E-state index contributed by atoms with van der Waals surface area (Å²) in [6.07, 6.45) is -7.25. The molecule has 0 bridgehead atoms. The minimum absolute atomic E-state index is 0.180. The van der Waals surface area contributed by atoms with Gasteiger partial charge in [-0.25, -0.2) is 0 Å². The van der Waals surface area contributed by atoms with E-state index in [9.17, 15) is 25.2 Å². The maximum atomic E-state index is 13.8. The largest absolute Gasteiger partial charge is 0.472 e. The summed E-state index contributed by atoms with van der Waals surface area (Å²) < 4.78 is 44.5. The average Bonchev–Trinajstić information content (AvgIpc) is 3.07. The third-order valence-electron chi connectivity index (χ3n) is 11.5. The molecule has 4 N–H and O–H groups in total. The lowest BCUT2D eigenvalue weighted by atomic mass is 9.78. The minimum Gasteiger partial charge on any atom is -0.472 e. The number of ether oxygens (including phenoxy) is 7. The number of hydrogen-bond acceptors (Lipinski definition) is 14. The fourth-order valence-electron chi connectivity index (χ4n) is 7.89. The van der Waals surface area contributed by atoms with Gasteiger partial charge in [0.15, 0.2) is 18.5 Å². The Morgan fingerprint density at radius 1 is 1.02 bits per heavy atom. The van der Waals surface area contributed by atoms with Crippen molar-refractivity contribution in [1.29, 1.82) is 0 Å². The van der Waals surface area contributed by atoms with Gasteiger partial charge in [0.2, 0.25) is 0 Å². The number of carbonyl (C=O) groups is 1. The maximum Gasteiger partial charge on any atom is 0.311 e. The molecule has 14 heteroatoms. The van der Waals surface area contributed by atoms with E-state index in [1.54, 1.807) is 27.7 Å². The van der Waals surface area contributed by atoms with Crippen LogP contribution in [-0.4, -0.2) is 149 Å². The van der Waals surface area contributed by atoms with E-state index in [0.717, 1.165) is 0 Å². The molecule has 0 amide bonds. The quantitative estimate of drug-likeness (QED) is 0.170. The molecule has 0 aromatic carbocycles. The lowest BCUT2D eigenvalue weighted by Crippen LogP contribution is -2.62. The van der Waals surface area contributed by atoms with E-state index in [1.165, 1.54) is 14.0 Å². The van der Waals surface area contributed by atoms with Crippen LogP contribution in [0.25, 0.3) is 0 Å². The van der Waals surface area contributed by atoms with Crippen LogP contribution in [0.3, 0.4) is 0 Å². The average molecular weight is 747 g/mol. The lowest BCUT2D eigenvalue weighted by molar-refractivity contribution is -0.317. The summed E-state index contributed by atoms with van der Waals surface area (Å²) in [5, 5.41) is 43.6. The summed E-state index contributed by atoms with van der Waals surface area (Å²) in [6.45, 7) is 20.0. The van der Waals surface area contributed by atoms with Crippen molar-refractivity contribution in [3.63, 3.8) is 0 Å². The van der Waals surface area contributed by atoms with Gasteiger partial charge in [-0.1, -0.05) is 20.8 Å². The van der Waals surface area contributed by atoms with Crippen LogP contribution in [0.15, 0.2) is 4.99 Å². The van der Waals surface area contributed by atoms with Crippen LogP contribution >= 0.6 is 0 Å². The first-order valence-corrected chi connectivity index (χ1v) is 19.1. The number of aliphatic imine (C=N–C) groups is 1. The molecule has 3 aliphatic heterocycles. The van der Waals surface area contributed by atoms with Crippen LogP contribution in [0.5, 0.6) is 0 Å². The number of nitrogens with zero attached hydrogens (tertiary/aromatic N) is 2. The Morgan fingerprint density at radius 3 is 2.21 bits per heavy atom. The van der Waals surface area contributed by atoms with Crippen molar-refractivity contribution in [2.75, 3.05) is 21.2 Å². The first-order chi connectivity index (χ1) is 24.1. The molecule has 0 spiro atoms. The van der Waals surface area contributed by atoms with E-state index < -0.39 is 90.2 Å². The zero-order valence-electron chi connectivity index (χ0n) is 34.0. The highest BCUT2D eigenvalue weighted by molar-refractivity contribution is 5.80. The highest BCUT2D eigenvalue weighted by atomic mass is 16.7. The Hall–Kier alpha value is -1.46. The second-order valence-corrected chi connectivity index (χ2v) is 16.4. The highest BCUT2D eigenvalue weighted by Crippen LogP contribution is 2.42. The Labute approximate surface area is 311 Å². The summed E-state index contributed by atoms with van der Waals surface area (Å²) in [5.74, 6) is -2.32. The van der Waals surface area contributed by atoms with Gasteiger partial charge in [-0.05, 0) is 82.3 Å². The second kappa shape index (κ2) is 18.4. The fourth-order valence-corrected chi connectivity index (χ4v) is 7.89. The van der Waals surface area contributed by atoms with Gasteiger partial charge in [-0.2, -0.15) is 0 Å². The molecule has 2 fully saturated rings. The Balaban J connectivity index is 2.14. The Morgan fingerprint density at radius 2 is 1.65 bits per heavy atom. The van der Waals surface area contributed by atoms with Crippen LogP contribution in [0.4, 0.5) is 0 Å². The molecule has 1 unspecified atom stereocenters. The number of rotatable bonds is 16. The first-order valence-electron chi connectivity index (χ1n) is 19.1. The summed E-state index contributed by atoms with van der Waals surface area (Å²) in [4.78, 5) is 20.5. The molecule has 0 aliphatic carbocycles. The number of esters is 1. The van der Waals surface area contributed by atoms with Crippen molar-refractivity contribution in [3.05, 3.63) is 0 Å². The number of likely N-dealkylation sites (N-methyl/N-ethyl adjacent to an activating group) is 1. The monoisotopic (exact) mass is 746 g/mol. The molecule has 3 rings (SSSR count). The van der Waals surface area contributed by atoms with Crippen molar-refractivity contribution in [2.45, 2.75) is 193 Å². The van der Waals surface area contributed by atoms with Gasteiger partial charge in [0.1, 0.15) is 23.9 Å². The smallest absolute Gasteiger partial charge is 0.311 e. The van der Waals surface area contributed by atoms with Crippen LogP contribution in [-0.2, 0) is 38.0 Å². The number of hydrogen-bond donors (Lipinski definition) is 4. The molecule has 3 aliphatic rings. The third-order valence-corrected chi connectivity index (χ3v) is 11.5. The molecule has 0 saturated carbocycles. The molecule has 0 aromatic rings. The normalized spacial score (nSPS) is 38.9. The third kappa shape index (κ3) is 10.4. The van der Waals surface area contributed by atoms with Gasteiger partial charge < -0.3 is 58.5 Å². The van der Waals surface area contributed by atoms with Crippen LogP contribution in [0.1, 0.15) is 102 Å². The molecule has 3 heterocycles. The van der Waals surface area contributed by atoms with E-state index in [4.69, 9.17) is 38.2 Å². The van der Waals surface area contributed by atoms with Crippen molar-refractivity contribution >= 4 is 11.9 Å². The predicted molar refractivity (Wildman–Crippen MR) is 195 cm³/mol. The van der Waals surface area contributed by atoms with E-state index in [-0.39, 0.29) is 36.6 Å². The first kappa shape index (κ1) is 44.9. The van der Waals surface area contributed by atoms with E-state index in [2.05, 4.69) is 0 Å². The number of carbonyl (C=O) groups excluding carboxylic acids is 1. The lowest BCUT2D eigenvalue weighted by Gasteiger charge is -2.50. The predicted octanol–water partition coefficient (Wildman–Crippen LogP) is 3.04. The van der Waals surface area contributed by atoms with Gasteiger partial charge in [0, 0.05) is 31.9 Å². The molecule has 18 atom stereocenters. The van der Waals surface area contributed by atoms with Gasteiger partial charge in [0.05, 0.1) is 60.1 Å². The molecular weight excluding hydrogens is 676 g/mol. The summed E-state index contributed by atoms with van der Waals surface area (Å²) in [6, 6.07) is -0.534. The van der Waals surface area contributed by atoms with Crippen molar-refractivity contribution in [2.24, 2.45) is 22.7 Å². The maximum absolute atomic E-state index is 13.8. The molecule has 14 nitrogen and oxygen atoms in total. The minimum atomic E-state index is -1.15. The number of methoxy groups -OCH3 is 1. The van der Waals surface area contributed by atoms with E-state index in [1.807, 2.05) is 60.5 Å². The molecule has 0 aromatic heterocycles. The topological polar surface area (TPSA) is 178 Å². The summed E-state index contributed by atoms with van der Waals surface area (Å²) in [5.41, 5.74) is -2.14. The Bertz CT molecular complexity index is 1170. The van der Waals surface area contributed by atoms with Crippen molar-refractivity contribution in [1.82, 2.24) is 4.90 Å². The van der Waals surface area contributed by atoms with Gasteiger partial charge >= 0.3 is 5.97 Å². The fraction of sp³-hybridized carbons (Fsp3) is 0.947. The number of aliphatic hydroxyl groups excluding tert-OH is 4. The Kier molecular flexibility index (Phi) is 15.9. The van der Waals surface area contributed by atoms with Gasteiger partial charge in [-0.15, -0.1) is 0 Å². The van der Waals surface area contributed by atoms with Gasteiger partial charge in [0.25, 0.3) is 0 Å². The second-order valence-electron chi connectivity index (χ2n) is 16.4. The number of aliphatic hydroxyl groups is 4. The molecule has 0 radical (unpaired) electrons. The molecular formula is C38H70N2O12. The standard InChI is InChI=1S/C38H70N2O12/c1-15-20(3)47-35(45)24(7)31(50-28-18-37(10,46-14)32(44)26(9)49-28)23(6)33(51-36-30(43)27(40(12)13)16-21(4)48-36)38(11)17-19(2)39-34(52-38)22(5)29(42)25(8)41/h19-33,36,41-44H,15-18H2,1-14H3/t19-,20-,21-,22-,23+,24-,25?,26+,27+,28+,29-,30-,31+,32+,33-,36+,37-,38-/m1/s1. The van der Waals surface area contributed by atoms with Crippen molar-refractivity contribution in [3.8, 4) is 0 Å². The zero-order valence-corrected chi connectivity index (χ0v) is 34.0. The molecule has 2 saturated heterocycles. The highest BCUT2D eigenvalue weighted by Gasteiger charge is 2.54. The van der Waals surface area contributed by atoms with E-state index >= 15 is 0 Å². The SMILES string of the molecule is CC[C@@H](C)OC(=O)[C@H](C)[C@@H](O[C@H]1C[C@@](C)(OC)[C@@H](O)[C@H](C)O1)[C@H](C)[C@@H](O[C@@H]1O[C@H](C)C[C@H](N(C)C)[C@H]1O)[C@@]1(C)C[C@@H](C)N=C([C@H](C)[C@@H](O)C(C)O)O1. The van der Waals surface area contributed by atoms with E-state index in [0.29, 0.717) is 19.3 Å². The summed E-state index contributed by atoms with van der Waals surface area (Å²) >= 11 is 0.